The number of para-hydroxylation sites is 1. The molecular weight excluding hydrogens is 250 g/mol. The average molecular weight is 271 g/mol. The normalized spacial score (nSPS) is 20.1. The quantitative estimate of drug-likeness (QED) is 0.910. The molecule has 0 bridgehead atoms. The SMILES string of the molecule is CC1CN(c2c(CN)cnc3ccccc23)CCCO1. The number of nitrogens with two attached hydrogens (primary N) is 1. The van der Waals surface area contributed by atoms with Crippen LogP contribution < -0.4 is 10.6 Å². The molecule has 2 aromatic rings. The molecule has 1 atom stereocenters. The van der Waals surface area contributed by atoms with Gasteiger partial charge in [0.2, 0.25) is 0 Å². The van der Waals surface area contributed by atoms with Crippen molar-refractivity contribution in [2.24, 2.45) is 5.73 Å². The Morgan fingerprint density at radius 1 is 1.40 bits per heavy atom. The summed E-state index contributed by atoms with van der Waals surface area (Å²) in [4.78, 5) is 6.92. The first kappa shape index (κ1) is 13.3. The third-order valence-electron chi connectivity index (χ3n) is 3.81. The van der Waals surface area contributed by atoms with Crippen molar-refractivity contribution in [3.8, 4) is 0 Å². The molecule has 1 aromatic carbocycles. The average Bonchev–Trinajstić information content (AvgIpc) is 2.70. The zero-order chi connectivity index (χ0) is 13.9. The molecule has 1 aliphatic rings. The van der Waals surface area contributed by atoms with Crippen LogP contribution in [0.1, 0.15) is 18.9 Å². The van der Waals surface area contributed by atoms with E-state index in [1.807, 2.05) is 12.3 Å². The van der Waals surface area contributed by atoms with Crippen molar-refractivity contribution in [1.82, 2.24) is 4.98 Å². The van der Waals surface area contributed by atoms with Crippen LogP contribution in [-0.2, 0) is 11.3 Å². The van der Waals surface area contributed by atoms with Gasteiger partial charge in [-0.2, -0.15) is 0 Å². The van der Waals surface area contributed by atoms with E-state index < -0.39 is 0 Å². The number of nitrogens with zero attached hydrogens (tertiary/aromatic N) is 2. The smallest absolute Gasteiger partial charge is 0.0723 e. The molecule has 2 N–H and O–H groups in total. The predicted octanol–water partition coefficient (Wildman–Crippen LogP) is 2.31. The van der Waals surface area contributed by atoms with Crippen molar-refractivity contribution in [3.05, 3.63) is 36.0 Å². The van der Waals surface area contributed by atoms with Gasteiger partial charge in [0.15, 0.2) is 0 Å². The number of ether oxygens (including phenoxy) is 1. The minimum absolute atomic E-state index is 0.245. The highest BCUT2D eigenvalue weighted by molar-refractivity contribution is 5.93. The monoisotopic (exact) mass is 271 g/mol. The molecule has 1 fully saturated rings. The Hall–Kier alpha value is -1.65. The van der Waals surface area contributed by atoms with E-state index in [4.69, 9.17) is 10.5 Å². The van der Waals surface area contributed by atoms with Crippen LogP contribution >= 0.6 is 0 Å². The van der Waals surface area contributed by atoms with Gasteiger partial charge in [-0.3, -0.25) is 4.98 Å². The molecule has 0 radical (unpaired) electrons. The Kier molecular flexibility index (Phi) is 3.85. The third-order valence-corrected chi connectivity index (χ3v) is 3.81. The van der Waals surface area contributed by atoms with Crippen molar-refractivity contribution in [1.29, 1.82) is 0 Å². The van der Waals surface area contributed by atoms with Crippen molar-refractivity contribution in [2.45, 2.75) is 26.0 Å². The number of benzene rings is 1. The lowest BCUT2D eigenvalue weighted by Gasteiger charge is -2.27. The molecule has 0 saturated carbocycles. The highest BCUT2D eigenvalue weighted by Gasteiger charge is 2.20. The molecule has 1 aromatic heterocycles. The second-order valence-electron chi connectivity index (χ2n) is 5.33. The van der Waals surface area contributed by atoms with Gasteiger partial charge < -0.3 is 15.4 Å². The largest absolute Gasteiger partial charge is 0.377 e. The lowest BCUT2D eigenvalue weighted by molar-refractivity contribution is 0.0821. The van der Waals surface area contributed by atoms with E-state index in [2.05, 4.69) is 35.0 Å². The Morgan fingerprint density at radius 2 is 2.25 bits per heavy atom. The fourth-order valence-electron chi connectivity index (χ4n) is 2.89. The summed E-state index contributed by atoms with van der Waals surface area (Å²) in [5.41, 5.74) is 9.29. The van der Waals surface area contributed by atoms with Gasteiger partial charge in [0.05, 0.1) is 17.3 Å². The van der Waals surface area contributed by atoms with Crippen molar-refractivity contribution < 1.29 is 4.74 Å². The van der Waals surface area contributed by atoms with Gasteiger partial charge in [-0.25, -0.2) is 0 Å². The van der Waals surface area contributed by atoms with Crippen LogP contribution in [0.3, 0.4) is 0 Å². The highest BCUT2D eigenvalue weighted by atomic mass is 16.5. The fraction of sp³-hybridized carbons (Fsp3) is 0.438. The summed E-state index contributed by atoms with van der Waals surface area (Å²) >= 11 is 0. The van der Waals surface area contributed by atoms with Gasteiger partial charge in [0.25, 0.3) is 0 Å². The first-order chi connectivity index (χ1) is 9.79. The van der Waals surface area contributed by atoms with Crippen molar-refractivity contribution in [3.63, 3.8) is 0 Å². The predicted molar refractivity (Wildman–Crippen MR) is 81.9 cm³/mol. The number of pyridine rings is 1. The maximum atomic E-state index is 5.92. The molecule has 3 rings (SSSR count). The third kappa shape index (κ3) is 2.49. The topological polar surface area (TPSA) is 51.4 Å². The van der Waals surface area contributed by atoms with Gasteiger partial charge in [0.1, 0.15) is 0 Å². The van der Waals surface area contributed by atoms with E-state index in [1.54, 1.807) is 0 Å². The summed E-state index contributed by atoms with van der Waals surface area (Å²) in [6, 6.07) is 8.27. The maximum Gasteiger partial charge on any atom is 0.0723 e. The zero-order valence-corrected chi connectivity index (χ0v) is 11.9. The second-order valence-corrected chi connectivity index (χ2v) is 5.33. The molecule has 0 amide bonds. The summed E-state index contributed by atoms with van der Waals surface area (Å²) < 4.78 is 5.75. The van der Waals surface area contributed by atoms with Crippen LogP contribution in [0.5, 0.6) is 0 Å². The van der Waals surface area contributed by atoms with Crippen LogP contribution in [0.25, 0.3) is 10.9 Å². The second kappa shape index (κ2) is 5.77. The van der Waals surface area contributed by atoms with Crippen molar-refractivity contribution >= 4 is 16.6 Å². The van der Waals surface area contributed by atoms with E-state index in [0.29, 0.717) is 6.54 Å². The summed E-state index contributed by atoms with van der Waals surface area (Å²) in [6.45, 7) is 5.38. The molecule has 4 nitrogen and oxygen atoms in total. The molecule has 20 heavy (non-hydrogen) atoms. The number of rotatable bonds is 2. The number of fused-ring (bicyclic) bond motifs is 1. The minimum atomic E-state index is 0.245. The summed E-state index contributed by atoms with van der Waals surface area (Å²) in [7, 11) is 0. The molecule has 2 heterocycles. The van der Waals surface area contributed by atoms with Gasteiger partial charge in [0, 0.05) is 43.4 Å². The van der Waals surface area contributed by atoms with Gasteiger partial charge in [-0.05, 0) is 19.4 Å². The number of hydrogen-bond acceptors (Lipinski definition) is 4. The first-order valence-electron chi connectivity index (χ1n) is 7.23. The lowest BCUT2D eigenvalue weighted by Crippen LogP contribution is -2.31. The van der Waals surface area contributed by atoms with Crippen LogP contribution in [0.15, 0.2) is 30.5 Å². The lowest BCUT2D eigenvalue weighted by atomic mass is 10.1. The van der Waals surface area contributed by atoms with E-state index in [0.717, 1.165) is 37.2 Å². The standard InChI is InChI=1S/C16H21N3O/c1-12-11-19(7-4-8-20-12)16-13(9-17)10-18-15-6-3-2-5-14(15)16/h2-3,5-6,10,12H,4,7-9,11,17H2,1H3. The minimum Gasteiger partial charge on any atom is -0.377 e. The van der Waals surface area contributed by atoms with Gasteiger partial charge >= 0.3 is 0 Å². The molecule has 0 aliphatic carbocycles. The Morgan fingerprint density at radius 3 is 3.10 bits per heavy atom. The van der Waals surface area contributed by atoms with Crippen LogP contribution in [0.4, 0.5) is 5.69 Å². The van der Waals surface area contributed by atoms with Gasteiger partial charge in [-0.1, -0.05) is 18.2 Å². The summed E-state index contributed by atoms with van der Waals surface area (Å²) in [6.07, 6.45) is 3.20. The molecule has 4 heteroatoms. The highest BCUT2D eigenvalue weighted by Crippen LogP contribution is 2.30. The fourth-order valence-corrected chi connectivity index (χ4v) is 2.89. The molecule has 0 spiro atoms. The van der Waals surface area contributed by atoms with Crippen molar-refractivity contribution in [2.75, 3.05) is 24.6 Å². The number of anilines is 1. The Bertz CT molecular complexity index is 599. The van der Waals surface area contributed by atoms with Crippen LogP contribution in [0, 0.1) is 0 Å². The molecule has 1 unspecified atom stereocenters. The van der Waals surface area contributed by atoms with E-state index in [1.165, 1.54) is 11.1 Å². The van der Waals surface area contributed by atoms with E-state index in [-0.39, 0.29) is 6.10 Å². The number of hydrogen-bond donors (Lipinski definition) is 1. The van der Waals surface area contributed by atoms with Crippen LogP contribution in [-0.4, -0.2) is 30.8 Å². The molecule has 106 valence electrons. The summed E-state index contributed by atoms with van der Waals surface area (Å²) in [5, 5.41) is 1.18. The van der Waals surface area contributed by atoms with Gasteiger partial charge in [-0.15, -0.1) is 0 Å². The summed E-state index contributed by atoms with van der Waals surface area (Å²) in [5.74, 6) is 0. The molecule has 1 aliphatic heterocycles. The Labute approximate surface area is 119 Å². The van der Waals surface area contributed by atoms with E-state index in [9.17, 15) is 0 Å². The number of aromatic nitrogens is 1. The Balaban J connectivity index is 2.12. The first-order valence-corrected chi connectivity index (χ1v) is 7.23. The molecule has 1 saturated heterocycles. The van der Waals surface area contributed by atoms with Crippen LogP contribution in [0.2, 0.25) is 0 Å². The zero-order valence-electron chi connectivity index (χ0n) is 11.9. The maximum absolute atomic E-state index is 5.92. The molecular formula is C16H21N3O. The van der Waals surface area contributed by atoms with E-state index >= 15 is 0 Å².